The first kappa shape index (κ1) is 20.6. The van der Waals surface area contributed by atoms with Crippen molar-refractivity contribution in [3.63, 3.8) is 0 Å². The zero-order valence-corrected chi connectivity index (χ0v) is 17.9. The highest BCUT2D eigenvalue weighted by Crippen LogP contribution is 2.39. The molecular weight excluding hydrogens is 420 g/mol. The Balaban J connectivity index is 1.68. The molecule has 1 amide bonds. The van der Waals surface area contributed by atoms with Gasteiger partial charge in [-0.2, -0.15) is 0 Å². The fourth-order valence-electron chi connectivity index (χ4n) is 4.41. The lowest BCUT2D eigenvalue weighted by molar-refractivity contribution is -0.384. The molecule has 0 aliphatic carbocycles. The Hall–Kier alpha value is -4.26. The Morgan fingerprint density at radius 2 is 1.79 bits per heavy atom. The second-order valence-corrected chi connectivity index (χ2v) is 8.16. The summed E-state index contributed by atoms with van der Waals surface area (Å²) in [6.45, 7) is 2.21. The summed E-state index contributed by atoms with van der Waals surface area (Å²) in [4.78, 5) is 39.5. The van der Waals surface area contributed by atoms with E-state index >= 15 is 0 Å². The Kier molecular flexibility index (Phi) is 5.01. The van der Waals surface area contributed by atoms with Gasteiger partial charge in [0.05, 0.1) is 21.9 Å². The first-order chi connectivity index (χ1) is 15.9. The van der Waals surface area contributed by atoms with Crippen molar-refractivity contribution in [2.45, 2.75) is 19.4 Å². The van der Waals surface area contributed by atoms with Gasteiger partial charge in [-0.3, -0.25) is 19.7 Å². The number of nitro benzene ring substituents is 1. The van der Waals surface area contributed by atoms with E-state index in [0.717, 1.165) is 11.1 Å². The lowest BCUT2D eigenvalue weighted by Crippen LogP contribution is -2.31. The number of fused-ring (bicyclic) bond motifs is 2. The molecule has 0 saturated heterocycles. The fourth-order valence-corrected chi connectivity index (χ4v) is 4.41. The summed E-state index contributed by atoms with van der Waals surface area (Å²) < 4.78 is 5.94. The van der Waals surface area contributed by atoms with Gasteiger partial charge in [-0.25, -0.2) is 0 Å². The summed E-state index contributed by atoms with van der Waals surface area (Å²) in [5.41, 5.74) is 2.63. The van der Waals surface area contributed by atoms with E-state index in [9.17, 15) is 19.7 Å². The number of rotatable bonds is 5. The molecule has 1 aliphatic rings. The van der Waals surface area contributed by atoms with Crippen molar-refractivity contribution < 1.29 is 14.1 Å². The number of hydrogen-bond acceptors (Lipinski definition) is 5. The lowest BCUT2D eigenvalue weighted by Gasteiger charge is -2.25. The van der Waals surface area contributed by atoms with Gasteiger partial charge in [0.15, 0.2) is 5.43 Å². The Morgan fingerprint density at radius 3 is 2.55 bits per heavy atom. The Labute approximate surface area is 189 Å². The van der Waals surface area contributed by atoms with E-state index in [1.54, 1.807) is 29.2 Å². The summed E-state index contributed by atoms with van der Waals surface area (Å²) in [6.07, 6.45) is 0.568. The average Bonchev–Trinajstić information content (AvgIpc) is 3.11. The van der Waals surface area contributed by atoms with Gasteiger partial charge in [-0.1, -0.05) is 54.1 Å². The van der Waals surface area contributed by atoms with E-state index in [0.29, 0.717) is 29.5 Å². The number of non-ortho nitro benzene ring substituents is 1. The fraction of sp³-hybridized carbons (Fsp3) is 0.154. The van der Waals surface area contributed by atoms with Gasteiger partial charge >= 0.3 is 0 Å². The molecule has 164 valence electrons. The van der Waals surface area contributed by atoms with Crippen molar-refractivity contribution in [1.82, 2.24) is 4.90 Å². The molecule has 1 aromatic heterocycles. The first-order valence-corrected chi connectivity index (χ1v) is 10.6. The smallest absolute Gasteiger partial charge is 0.290 e. The van der Waals surface area contributed by atoms with E-state index < -0.39 is 16.9 Å². The van der Waals surface area contributed by atoms with Gasteiger partial charge < -0.3 is 9.32 Å². The summed E-state index contributed by atoms with van der Waals surface area (Å²) in [7, 11) is 0. The Bertz CT molecular complexity index is 1460. The van der Waals surface area contributed by atoms with Crippen LogP contribution in [0.1, 0.15) is 38.9 Å². The molecule has 0 radical (unpaired) electrons. The van der Waals surface area contributed by atoms with Crippen LogP contribution in [0.4, 0.5) is 5.69 Å². The lowest BCUT2D eigenvalue weighted by atomic mass is 9.97. The minimum absolute atomic E-state index is 0.000853. The molecule has 7 nitrogen and oxygen atoms in total. The van der Waals surface area contributed by atoms with Crippen LogP contribution in [0.25, 0.3) is 11.0 Å². The molecule has 0 spiro atoms. The van der Waals surface area contributed by atoms with Gasteiger partial charge in [0.25, 0.3) is 11.6 Å². The van der Waals surface area contributed by atoms with E-state index in [1.165, 1.54) is 12.1 Å². The number of hydrogen-bond donors (Lipinski definition) is 0. The quantitative estimate of drug-likeness (QED) is 0.328. The minimum Gasteiger partial charge on any atom is -0.450 e. The second kappa shape index (κ2) is 8.02. The molecule has 2 heterocycles. The molecule has 0 fully saturated rings. The first-order valence-electron chi connectivity index (χ1n) is 10.6. The third kappa shape index (κ3) is 3.57. The van der Waals surface area contributed by atoms with E-state index in [2.05, 4.69) is 0 Å². The molecule has 0 unspecified atom stereocenters. The van der Waals surface area contributed by atoms with Gasteiger partial charge in [0.1, 0.15) is 5.58 Å². The maximum Gasteiger partial charge on any atom is 0.290 e. The summed E-state index contributed by atoms with van der Waals surface area (Å²) in [5.74, 6) is -0.391. The maximum absolute atomic E-state index is 13.6. The highest BCUT2D eigenvalue weighted by molar-refractivity contribution is 5.99. The number of carbonyl (C=O) groups is 1. The zero-order valence-electron chi connectivity index (χ0n) is 17.9. The van der Waals surface area contributed by atoms with Crippen molar-refractivity contribution in [2.75, 3.05) is 6.54 Å². The van der Waals surface area contributed by atoms with Gasteiger partial charge in [0.2, 0.25) is 5.76 Å². The van der Waals surface area contributed by atoms with Crippen LogP contribution in [-0.4, -0.2) is 22.3 Å². The molecule has 4 aromatic rings. The third-order valence-electron chi connectivity index (χ3n) is 6.00. The van der Waals surface area contributed by atoms with Crippen LogP contribution in [0.15, 0.2) is 82.0 Å². The van der Waals surface area contributed by atoms with Gasteiger partial charge in [-0.05, 0) is 36.6 Å². The highest BCUT2D eigenvalue weighted by atomic mass is 16.6. The molecule has 0 N–H and O–H groups in total. The number of carbonyl (C=O) groups excluding carboxylic acids is 1. The van der Waals surface area contributed by atoms with Crippen LogP contribution >= 0.6 is 0 Å². The summed E-state index contributed by atoms with van der Waals surface area (Å²) >= 11 is 0. The molecule has 5 rings (SSSR count). The monoisotopic (exact) mass is 440 g/mol. The molecular formula is C26H20N2O5. The third-order valence-corrected chi connectivity index (χ3v) is 6.00. The van der Waals surface area contributed by atoms with Crippen LogP contribution in [-0.2, 0) is 6.42 Å². The average molecular weight is 440 g/mol. The highest BCUT2D eigenvalue weighted by Gasteiger charge is 2.42. The maximum atomic E-state index is 13.6. The van der Waals surface area contributed by atoms with Crippen molar-refractivity contribution >= 4 is 22.6 Å². The molecule has 1 atom stereocenters. The van der Waals surface area contributed by atoms with E-state index in [-0.39, 0.29) is 22.4 Å². The Morgan fingerprint density at radius 1 is 1.00 bits per heavy atom. The van der Waals surface area contributed by atoms with Gasteiger partial charge in [-0.15, -0.1) is 0 Å². The van der Waals surface area contributed by atoms with Crippen LogP contribution in [0.3, 0.4) is 0 Å². The summed E-state index contributed by atoms with van der Waals surface area (Å²) in [6, 6.07) is 20.3. The molecule has 3 aromatic carbocycles. The molecule has 33 heavy (non-hydrogen) atoms. The standard InChI is InChI=1S/C26H20N2O5/c1-16-10-11-21-20(14-16)24(29)22-23(18-8-5-9-19(15-18)28(31)32)27(26(30)25(22)33-21)13-12-17-6-3-2-4-7-17/h2-11,14-15,23H,12-13H2,1H3/t23-/m0/s1. The normalized spacial score (nSPS) is 15.1. The van der Waals surface area contributed by atoms with Gasteiger partial charge in [0, 0.05) is 18.7 Å². The van der Waals surface area contributed by atoms with Crippen LogP contribution in [0.5, 0.6) is 0 Å². The van der Waals surface area contributed by atoms with Crippen LogP contribution in [0, 0.1) is 17.0 Å². The molecule has 7 heteroatoms. The van der Waals surface area contributed by atoms with Crippen molar-refractivity contribution in [3.8, 4) is 0 Å². The predicted molar refractivity (Wildman–Crippen MR) is 123 cm³/mol. The van der Waals surface area contributed by atoms with Crippen molar-refractivity contribution in [3.05, 3.63) is 121 Å². The predicted octanol–water partition coefficient (Wildman–Crippen LogP) is 4.80. The molecule has 0 saturated carbocycles. The van der Waals surface area contributed by atoms with Crippen molar-refractivity contribution in [2.24, 2.45) is 0 Å². The largest absolute Gasteiger partial charge is 0.450 e. The van der Waals surface area contributed by atoms with E-state index in [4.69, 9.17) is 4.42 Å². The number of benzene rings is 3. The summed E-state index contributed by atoms with van der Waals surface area (Å²) in [5, 5.41) is 11.8. The second-order valence-electron chi connectivity index (χ2n) is 8.16. The topological polar surface area (TPSA) is 93.7 Å². The number of amides is 1. The van der Waals surface area contributed by atoms with Crippen molar-refractivity contribution in [1.29, 1.82) is 0 Å². The molecule has 0 bridgehead atoms. The SMILES string of the molecule is Cc1ccc2oc3c(c(=O)c2c1)[C@H](c1cccc([N+](=O)[O-])c1)N(CCc1ccccc1)C3=O. The number of nitro groups is 1. The molecule has 1 aliphatic heterocycles. The zero-order chi connectivity index (χ0) is 23.1. The number of nitrogens with zero attached hydrogens (tertiary/aromatic N) is 2. The van der Waals surface area contributed by atoms with E-state index in [1.807, 2.05) is 43.3 Å². The van der Waals surface area contributed by atoms with Crippen LogP contribution in [0.2, 0.25) is 0 Å². The minimum atomic E-state index is -0.766. The van der Waals surface area contributed by atoms with Crippen LogP contribution < -0.4 is 5.43 Å². The number of aryl methyl sites for hydroxylation is 1.